The van der Waals surface area contributed by atoms with E-state index in [0.29, 0.717) is 12.1 Å². The largest absolute Gasteiger partial charge is 0.399 e. The van der Waals surface area contributed by atoms with Gasteiger partial charge in [-0.1, -0.05) is 6.07 Å². The first-order chi connectivity index (χ1) is 8.90. The van der Waals surface area contributed by atoms with Crippen LogP contribution >= 0.6 is 0 Å². The second-order valence-electron chi connectivity index (χ2n) is 3.91. The minimum atomic E-state index is -1.12. The molecule has 0 saturated heterocycles. The molecular weight excluding hydrogens is 257 g/mol. The summed E-state index contributed by atoms with van der Waals surface area (Å²) in [6.45, 7) is 0. The van der Waals surface area contributed by atoms with E-state index in [1.165, 1.54) is 18.2 Å². The average molecular weight is 266 g/mol. The van der Waals surface area contributed by atoms with Gasteiger partial charge >= 0.3 is 0 Å². The van der Waals surface area contributed by atoms with Gasteiger partial charge in [0.2, 0.25) is 5.91 Å². The smallest absolute Gasteiger partial charge is 0.249 e. The molecule has 0 saturated carbocycles. The summed E-state index contributed by atoms with van der Waals surface area (Å²) < 4.78 is 40.2. The zero-order valence-corrected chi connectivity index (χ0v) is 9.58. The maximum atomic E-state index is 13.7. The van der Waals surface area contributed by atoms with Crippen LogP contribution in [0.25, 0.3) is 11.1 Å². The first-order valence-electron chi connectivity index (χ1n) is 5.24. The number of carbonyl (C=O) groups is 1. The van der Waals surface area contributed by atoms with Gasteiger partial charge in [0.25, 0.3) is 0 Å². The molecule has 2 aromatic rings. The van der Waals surface area contributed by atoms with E-state index in [9.17, 15) is 18.0 Å². The van der Waals surface area contributed by atoms with Crippen LogP contribution in [-0.4, -0.2) is 5.91 Å². The van der Waals surface area contributed by atoms with E-state index in [1.807, 2.05) is 0 Å². The zero-order valence-electron chi connectivity index (χ0n) is 9.58. The molecule has 0 aliphatic rings. The maximum absolute atomic E-state index is 13.7. The van der Waals surface area contributed by atoms with Gasteiger partial charge in [-0.3, -0.25) is 4.79 Å². The summed E-state index contributed by atoms with van der Waals surface area (Å²) in [5, 5.41) is 0. The van der Waals surface area contributed by atoms with E-state index in [2.05, 4.69) is 0 Å². The van der Waals surface area contributed by atoms with Gasteiger partial charge in [-0.05, 0) is 12.1 Å². The second kappa shape index (κ2) is 4.64. The number of hydrogen-bond donors (Lipinski definition) is 2. The Balaban J connectivity index is 2.76. The third-order valence-corrected chi connectivity index (χ3v) is 2.59. The van der Waals surface area contributed by atoms with E-state index >= 15 is 0 Å². The Hall–Kier alpha value is -2.50. The van der Waals surface area contributed by atoms with Crippen molar-refractivity contribution in [2.24, 2.45) is 5.73 Å². The van der Waals surface area contributed by atoms with Gasteiger partial charge in [-0.2, -0.15) is 0 Å². The van der Waals surface area contributed by atoms with Crippen molar-refractivity contribution in [3.8, 4) is 11.1 Å². The molecule has 4 N–H and O–H groups in total. The number of primary amides is 1. The molecule has 1 amide bonds. The molecular formula is C13H9F3N2O. The molecule has 0 atom stereocenters. The van der Waals surface area contributed by atoms with Gasteiger partial charge < -0.3 is 11.5 Å². The monoisotopic (exact) mass is 266 g/mol. The third-order valence-electron chi connectivity index (χ3n) is 2.59. The van der Waals surface area contributed by atoms with Crippen LogP contribution in [0.2, 0.25) is 0 Å². The second-order valence-corrected chi connectivity index (χ2v) is 3.91. The van der Waals surface area contributed by atoms with Crippen LogP contribution < -0.4 is 11.5 Å². The standard InChI is InChI=1S/C13H9F3N2O/c14-6-3-10(15)12(11(16)4-6)8-2-1-7(17)5-9(8)13(18)19/h1-5H,17H2,(H2,18,19). The lowest BCUT2D eigenvalue weighted by atomic mass is 9.97. The SMILES string of the molecule is NC(=O)c1cc(N)ccc1-c1c(F)cc(F)cc1F. The summed E-state index contributed by atoms with van der Waals surface area (Å²) in [7, 11) is 0. The van der Waals surface area contributed by atoms with E-state index in [-0.39, 0.29) is 16.8 Å². The van der Waals surface area contributed by atoms with Crippen LogP contribution in [0.15, 0.2) is 30.3 Å². The highest BCUT2D eigenvalue weighted by molar-refractivity contribution is 6.00. The highest BCUT2D eigenvalue weighted by Crippen LogP contribution is 2.30. The minimum absolute atomic E-state index is 0.0725. The fourth-order valence-electron chi connectivity index (χ4n) is 1.78. The van der Waals surface area contributed by atoms with Crippen molar-refractivity contribution >= 4 is 11.6 Å². The zero-order chi connectivity index (χ0) is 14.2. The van der Waals surface area contributed by atoms with Crippen LogP contribution in [0.4, 0.5) is 18.9 Å². The summed E-state index contributed by atoms with van der Waals surface area (Å²) in [6.07, 6.45) is 0. The lowest BCUT2D eigenvalue weighted by molar-refractivity contribution is 0.100. The maximum Gasteiger partial charge on any atom is 0.249 e. The molecule has 0 heterocycles. The number of amides is 1. The van der Waals surface area contributed by atoms with Gasteiger partial charge in [0, 0.05) is 28.9 Å². The molecule has 0 spiro atoms. The molecule has 0 radical (unpaired) electrons. The van der Waals surface area contributed by atoms with Crippen molar-refractivity contribution in [2.75, 3.05) is 5.73 Å². The van der Waals surface area contributed by atoms with Crippen LogP contribution in [-0.2, 0) is 0 Å². The number of benzene rings is 2. The summed E-state index contributed by atoms with van der Waals surface area (Å²) in [5.41, 5.74) is 10.1. The number of rotatable bonds is 2. The Kier molecular flexibility index (Phi) is 3.16. The van der Waals surface area contributed by atoms with Gasteiger partial charge in [0.15, 0.2) is 0 Å². The van der Waals surface area contributed by atoms with Crippen molar-refractivity contribution in [2.45, 2.75) is 0 Å². The molecule has 98 valence electrons. The lowest BCUT2D eigenvalue weighted by Crippen LogP contribution is -2.13. The van der Waals surface area contributed by atoms with Crippen molar-refractivity contribution in [3.05, 3.63) is 53.3 Å². The van der Waals surface area contributed by atoms with Gasteiger partial charge in [-0.25, -0.2) is 13.2 Å². The van der Waals surface area contributed by atoms with Crippen molar-refractivity contribution in [1.82, 2.24) is 0 Å². The summed E-state index contributed by atoms with van der Waals surface area (Å²) in [4.78, 5) is 11.3. The third kappa shape index (κ3) is 2.37. The average Bonchev–Trinajstić information content (AvgIpc) is 2.29. The predicted molar refractivity (Wildman–Crippen MR) is 64.7 cm³/mol. The normalized spacial score (nSPS) is 10.5. The molecule has 2 rings (SSSR count). The number of anilines is 1. The molecule has 0 fully saturated rings. The molecule has 19 heavy (non-hydrogen) atoms. The van der Waals surface area contributed by atoms with Gasteiger partial charge in [0.05, 0.1) is 5.56 Å². The molecule has 0 unspecified atom stereocenters. The quantitative estimate of drug-likeness (QED) is 0.820. The van der Waals surface area contributed by atoms with Crippen LogP contribution in [0.3, 0.4) is 0 Å². The fourth-order valence-corrected chi connectivity index (χ4v) is 1.78. The van der Waals surface area contributed by atoms with E-state index in [0.717, 1.165) is 0 Å². The number of nitrogen functional groups attached to an aromatic ring is 1. The molecule has 0 aliphatic heterocycles. The summed E-state index contributed by atoms with van der Waals surface area (Å²) >= 11 is 0. The Bertz CT molecular complexity index is 648. The molecule has 0 aliphatic carbocycles. The van der Waals surface area contributed by atoms with Crippen molar-refractivity contribution in [1.29, 1.82) is 0 Å². The van der Waals surface area contributed by atoms with E-state index in [4.69, 9.17) is 11.5 Å². The Morgan fingerprint density at radius 1 is 1.00 bits per heavy atom. The molecule has 0 aromatic heterocycles. The van der Waals surface area contributed by atoms with Crippen molar-refractivity contribution in [3.63, 3.8) is 0 Å². The summed E-state index contributed by atoms with van der Waals surface area (Å²) in [5.74, 6) is -4.17. The Labute approximate surface area is 106 Å². The Morgan fingerprint density at radius 2 is 1.58 bits per heavy atom. The fraction of sp³-hybridized carbons (Fsp3) is 0. The number of carbonyl (C=O) groups excluding carboxylic acids is 1. The lowest BCUT2D eigenvalue weighted by Gasteiger charge is -2.10. The molecule has 0 bridgehead atoms. The highest BCUT2D eigenvalue weighted by atomic mass is 19.1. The first-order valence-corrected chi connectivity index (χ1v) is 5.24. The van der Waals surface area contributed by atoms with Crippen LogP contribution in [0.5, 0.6) is 0 Å². The number of hydrogen-bond acceptors (Lipinski definition) is 2. The highest BCUT2D eigenvalue weighted by Gasteiger charge is 2.19. The predicted octanol–water partition coefficient (Wildman–Crippen LogP) is 2.45. The number of nitrogens with two attached hydrogens (primary N) is 2. The molecule has 3 nitrogen and oxygen atoms in total. The summed E-state index contributed by atoms with van der Waals surface area (Å²) in [6, 6.07) is 4.89. The van der Waals surface area contributed by atoms with Gasteiger partial charge in [0.1, 0.15) is 17.5 Å². The number of halogens is 3. The minimum Gasteiger partial charge on any atom is -0.399 e. The first kappa shape index (κ1) is 12.9. The van der Waals surface area contributed by atoms with Gasteiger partial charge in [-0.15, -0.1) is 0 Å². The van der Waals surface area contributed by atoms with Crippen molar-refractivity contribution < 1.29 is 18.0 Å². The molecule has 2 aromatic carbocycles. The van der Waals surface area contributed by atoms with E-state index < -0.39 is 28.9 Å². The Morgan fingerprint density at radius 3 is 2.11 bits per heavy atom. The molecule has 6 heteroatoms. The van der Waals surface area contributed by atoms with E-state index in [1.54, 1.807) is 0 Å². The van der Waals surface area contributed by atoms with Crippen LogP contribution in [0, 0.1) is 17.5 Å². The van der Waals surface area contributed by atoms with Crippen LogP contribution in [0.1, 0.15) is 10.4 Å². The topological polar surface area (TPSA) is 69.1 Å².